The summed E-state index contributed by atoms with van der Waals surface area (Å²) in [5, 5.41) is 38.5. The zero-order chi connectivity index (χ0) is 38.8. The molecule has 2 aliphatic carbocycles. The molecule has 6 atom stereocenters. The van der Waals surface area contributed by atoms with Crippen molar-refractivity contribution in [2.75, 3.05) is 0 Å². The van der Waals surface area contributed by atoms with Crippen LogP contribution in [-0.4, -0.2) is 23.5 Å². The summed E-state index contributed by atoms with van der Waals surface area (Å²) in [6.07, 6.45) is -20.5. The van der Waals surface area contributed by atoms with E-state index in [2.05, 4.69) is 4.98 Å². The number of benzene rings is 1. The van der Waals surface area contributed by atoms with Gasteiger partial charge in [-0.3, -0.25) is 0 Å². The Kier molecular flexibility index (Phi) is 9.67. The van der Waals surface area contributed by atoms with Crippen molar-refractivity contribution >= 4 is 0 Å². The second-order valence-electron chi connectivity index (χ2n) is 10.4. The molecule has 0 N–H and O–H groups in total. The Morgan fingerprint density at radius 1 is 0.608 bits per heavy atom. The fourth-order valence-electron chi connectivity index (χ4n) is 5.69. The maximum absolute atomic E-state index is 15.2. The van der Waals surface area contributed by atoms with Gasteiger partial charge in [-0.15, -0.1) is 0 Å². The largest absolute Gasteiger partial charge is 0.422 e. The van der Waals surface area contributed by atoms with E-state index in [0.717, 1.165) is 24.3 Å². The third kappa shape index (κ3) is 5.88. The number of halogens is 17. The van der Waals surface area contributed by atoms with Crippen molar-refractivity contribution in [2.45, 2.75) is 36.5 Å². The fourth-order valence-corrected chi connectivity index (χ4v) is 5.69. The standard InChI is InChI=1S/C29H6F17N5/c30-17-8(4-50)51-27(40)22(35)12(17)5(1-47)9-10(6(2-48)13-18(31)23(36)15(28(41,42)43)24(37)19(13)32)11(9)7(3-49)14-20(33)25(38)16(29(44,45)46)26(39)21(14)34/h5-6,9-10,20,25H/b11-7+. The molecule has 2 aliphatic rings. The Morgan fingerprint density at radius 2 is 1.08 bits per heavy atom. The van der Waals surface area contributed by atoms with Crippen LogP contribution in [0, 0.1) is 98.0 Å². The average Bonchev–Trinajstić information content (AvgIpc) is 3.75. The Morgan fingerprint density at radius 3 is 1.47 bits per heavy atom. The van der Waals surface area contributed by atoms with Crippen LogP contribution in [0.25, 0.3) is 0 Å². The molecule has 0 bridgehead atoms. The average molecular weight is 747 g/mol. The van der Waals surface area contributed by atoms with Crippen molar-refractivity contribution in [1.29, 1.82) is 21.0 Å². The highest BCUT2D eigenvalue weighted by molar-refractivity contribution is 5.63. The van der Waals surface area contributed by atoms with Gasteiger partial charge in [-0.25, -0.2) is 48.9 Å². The molecule has 0 spiro atoms. The van der Waals surface area contributed by atoms with Gasteiger partial charge < -0.3 is 0 Å². The predicted molar refractivity (Wildman–Crippen MR) is 129 cm³/mol. The lowest BCUT2D eigenvalue weighted by atomic mass is 9.86. The fraction of sp³-hybridized carbons (Fsp3) is 0.276. The molecule has 22 heteroatoms. The maximum atomic E-state index is 15.2. The molecule has 0 saturated heterocycles. The van der Waals surface area contributed by atoms with Gasteiger partial charge in [0, 0.05) is 28.5 Å². The van der Waals surface area contributed by atoms with Crippen molar-refractivity contribution in [2.24, 2.45) is 11.8 Å². The molecule has 5 nitrogen and oxygen atoms in total. The minimum absolute atomic E-state index is 0.829. The Labute approximate surface area is 271 Å². The molecule has 1 fully saturated rings. The van der Waals surface area contributed by atoms with Gasteiger partial charge in [0.2, 0.25) is 0 Å². The number of nitrogens with zero attached hydrogens (tertiary/aromatic N) is 5. The van der Waals surface area contributed by atoms with Gasteiger partial charge in [-0.1, -0.05) is 0 Å². The summed E-state index contributed by atoms with van der Waals surface area (Å²) in [6.45, 7) is 0. The van der Waals surface area contributed by atoms with Gasteiger partial charge in [-0.2, -0.15) is 51.8 Å². The zero-order valence-electron chi connectivity index (χ0n) is 23.6. The Balaban J connectivity index is 2.15. The molecule has 0 amide bonds. The summed E-state index contributed by atoms with van der Waals surface area (Å²) in [7, 11) is 0. The van der Waals surface area contributed by atoms with E-state index >= 15 is 22.0 Å². The number of hydrogen-bond donors (Lipinski definition) is 0. The Hall–Kier alpha value is -5.64. The van der Waals surface area contributed by atoms with Crippen LogP contribution in [0.15, 0.2) is 33.9 Å². The van der Waals surface area contributed by atoms with Crippen molar-refractivity contribution in [1.82, 2.24) is 4.98 Å². The maximum Gasteiger partial charge on any atom is 0.422 e. The van der Waals surface area contributed by atoms with Crippen LogP contribution in [0.1, 0.15) is 34.2 Å². The lowest BCUT2D eigenvalue weighted by molar-refractivity contribution is -0.143. The second kappa shape index (κ2) is 12.9. The van der Waals surface area contributed by atoms with E-state index < -0.39 is 146 Å². The SMILES string of the molecule is N#C/C(C1=C(F)C(F)=C(C(F)(F)F)C(F)C1F)=C1/C(C(C#N)c2c(F)c(F)nc(C#N)c2F)C1C(C#N)c1c(F)c(F)c(C(F)(F)F)c(F)c1F. The smallest absolute Gasteiger partial charge is 0.239 e. The van der Waals surface area contributed by atoms with Crippen LogP contribution in [0.5, 0.6) is 0 Å². The third-order valence-electron chi connectivity index (χ3n) is 7.82. The summed E-state index contributed by atoms with van der Waals surface area (Å²) in [5.74, 6) is -36.9. The van der Waals surface area contributed by atoms with Gasteiger partial charge in [0.1, 0.15) is 17.2 Å². The molecule has 6 unspecified atom stereocenters. The summed E-state index contributed by atoms with van der Waals surface area (Å²) < 4.78 is 242. The van der Waals surface area contributed by atoms with Gasteiger partial charge in [0.25, 0.3) is 5.95 Å². The highest BCUT2D eigenvalue weighted by Gasteiger charge is 2.61. The Bertz CT molecular complexity index is 2110. The molecular weight excluding hydrogens is 741 g/mol. The van der Waals surface area contributed by atoms with Crippen LogP contribution in [0.3, 0.4) is 0 Å². The van der Waals surface area contributed by atoms with Crippen molar-refractivity contribution < 1.29 is 74.6 Å². The lowest BCUT2D eigenvalue weighted by Crippen LogP contribution is -2.35. The summed E-state index contributed by atoms with van der Waals surface area (Å²) in [4.78, 5) is 2.58. The lowest BCUT2D eigenvalue weighted by Gasteiger charge is -2.26. The van der Waals surface area contributed by atoms with E-state index in [0.29, 0.717) is 0 Å². The van der Waals surface area contributed by atoms with E-state index in [1.54, 1.807) is 0 Å². The highest BCUT2D eigenvalue weighted by Crippen LogP contribution is 2.63. The minimum Gasteiger partial charge on any atom is -0.239 e. The van der Waals surface area contributed by atoms with Crippen LogP contribution in [0.2, 0.25) is 0 Å². The molecular formula is C29H6F17N5. The number of aromatic nitrogens is 1. The number of rotatable bonds is 5. The summed E-state index contributed by atoms with van der Waals surface area (Å²) >= 11 is 0. The molecule has 1 saturated carbocycles. The number of nitriles is 4. The first-order valence-corrected chi connectivity index (χ1v) is 13.0. The van der Waals surface area contributed by atoms with Crippen LogP contribution in [-0.2, 0) is 6.18 Å². The molecule has 51 heavy (non-hydrogen) atoms. The third-order valence-corrected chi connectivity index (χ3v) is 7.82. The number of pyridine rings is 1. The molecule has 2 aromatic rings. The van der Waals surface area contributed by atoms with E-state index in [1.165, 1.54) is 0 Å². The van der Waals surface area contributed by atoms with E-state index in [1.807, 2.05) is 0 Å². The molecule has 1 aromatic carbocycles. The van der Waals surface area contributed by atoms with Crippen molar-refractivity contribution in [3.05, 3.63) is 97.2 Å². The molecule has 0 radical (unpaired) electrons. The number of hydrogen-bond acceptors (Lipinski definition) is 5. The van der Waals surface area contributed by atoms with E-state index in [-0.39, 0.29) is 0 Å². The topological polar surface area (TPSA) is 108 Å². The number of alkyl halides is 8. The number of allylic oxidation sites excluding steroid dienone is 6. The monoisotopic (exact) mass is 747 g/mol. The minimum atomic E-state index is -6.15. The first-order chi connectivity index (χ1) is 23.5. The predicted octanol–water partition coefficient (Wildman–Crippen LogP) is 8.63. The second-order valence-corrected chi connectivity index (χ2v) is 10.4. The van der Waals surface area contributed by atoms with Gasteiger partial charge in [0.05, 0.1) is 35.6 Å². The molecule has 1 aromatic heterocycles. The molecule has 1 heterocycles. The van der Waals surface area contributed by atoms with Gasteiger partial charge >= 0.3 is 12.4 Å². The summed E-state index contributed by atoms with van der Waals surface area (Å²) in [5.41, 5.74) is -17.8. The first kappa shape index (κ1) is 38.2. The highest BCUT2D eigenvalue weighted by atomic mass is 19.4. The normalized spacial score (nSPS) is 22.8. The molecule has 4 rings (SSSR count). The molecule has 266 valence electrons. The quantitative estimate of drug-likeness (QED) is 0.132. The van der Waals surface area contributed by atoms with Crippen molar-refractivity contribution in [3.63, 3.8) is 0 Å². The van der Waals surface area contributed by atoms with E-state index in [4.69, 9.17) is 5.26 Å². The van der Waals surface area contributed by atoms with Crippen molar-refractivity contribution in [3.8, 4) is 24.3 Å². The zero-order valence-corrected chi connectivity index (χ0v) is 23.6. The first-order valence-electron chi connectivity index (χ1n) is 13.0. The van der Waals surface area contributed by atoms with E-state index in [9.17, 15) is 68.5 Å². The van der Waals surface area contributed by atoms with Crippen LogP contribution < -0.4 is 0 Å². The van der Waals surface area contributed by atoms with Crippen LogP contribution >= 0.6 is 0 Å². The van der Waals surface area contributed by atoms with Crippen LogP contribution in [0.4, 0.5) is 74.6 Å². The van der Waals surface area contributed by atoms with Gasteiger partial charge in [-0.05, 0) is 5.57 Å². The van der Waals surface area contributed by atoms with Gasteiger partial charge in [0.15, 0.2) is 64.6 Å². The molecule has 0 aliphatic heterocycles. The summed E-state index contributed by atoms with van der Waals surface area (Å²) in [6, 6.07) is 3.66.